The van der Waals surface area contributed by atoms with Crippen molar-refractivity contribution in [2.75, 3.05) is 7.11 Å². The lowest BCUT2D eigenvalue weighted by atomic mass is 10.0. The molecule has 0 bridgehead atoms. The third kappa shape index (κ3) is 2.82. The molecule has 2 heterocycles. The van der Waals surface area contributed by atoms with E-state index in [1.54, 1.807) is 6.20 Å². The SMILES string of the molecule is COC(=O)c1nc(Br)c2c(-c3cccc(Cl)c3)ccnc2c1C. The van der Waals surface area contributed by atoms with Crippen LogP contribution in [-0.2, 0) is 4.74 Å². The van der Waals surface area contributed by atoms with Gasteiger partial charge in [-0.25, -0.2) is 9.78 Å². The number of methoxy groups -OCH3 is 1. The molecule has 0 amide bonds. The predicted octanol–water partition coefficient (Wildman–Crippen LogP) is 4.81. The van der Waals surface area contributed by atoms with Crippen molar-refractivity contribution >= 4 is 44.4 Å². The zero-order valence-electron chi connectivity index (χ0n) is 12.4. The van der Waals surface area contributed by atoms with Gasteiger partial charge in [0.15, 0.2) is 5.69 Å². The van der Waals surface area contributed by atoms with Crippen molar-refractivity contribution in [2.24, 2.45) is 0 Å². The molecule has 4 nitrogen and oxygen atoms in total. The second-order valence-corrected chi connectivity index (χ2v) is 6.15. The van der Waals surface area contributed by atoms with Crippen molar-refractivity contribution in [3.8, 4) is 11.1 Å². The van der Waals surface area contributed by atoms with E-state index in [-0.39, 0.29) is 5.69 Å². The molecule has 0 unspecified atom stereocenters. The van der Waals surface area contributed by atoms with E-state index in [9.17, 15) is 4.79 Å². The molecular weight excluding hydrogens is 380 g/mol. The first kappa shape index (κ1) is 15.9. The Hall–Kier alpha value is -1.98. The van der Waals surface area contributed by atoms with Gasteiger partial charge in [0, 0.05) is 22.2 Å². The van der Waals surface area contributed by atoms with Crippen molar-refractivity contribution in [1.82, 2.24) is 9.97 Å². The molecule has 23 heavy (non-hydrogen) atoms. The van der Waals surface area contributed by atoms with Gasteiger partial charge in [0.25, 0.3) is 0 Å². The summed E-state index contributed by atoms with van der Waals surface area (Å²) in [5.41, 5.74) is 3.53. The fourth-order valence-electron chi connectivity index (χ4n) is 2.50. The second-order valence-electron chi connectivity index (χ2n) is 4.96. The molecule has 1 aromatic carbocycles. The molecule has 0 saturated heterocycles. The van der Waals surface area contributed by atoms with Crippen molar-refractivity contribution < 1.29 is 9.53 Å². The normalized spacial score (nSPS) is 10.8. The zero-order chi connectivity index (χ0) is 16.6. The van der Waals surface area contributed by atoms with Crippen LogP contribution in [0.3, 0.4) is 0 Å². The highest BCUT2D eigenvalue weighted by Crippen LogP contribution is 2.35. The summed E-state index contributed by atoms with van der Waals surface area (Å²) in [5.74, 6) is -0.486. The van der Waals surface area contributed by atoms with E-state index in [1.165, 1.54) is 7.11 Å². The highest BCUT2D eigenvalue weighted by molar-refractivity contribution is 9.10. The van der Waals surface area contributed by atoms with E-state index in [4.69, 9.17) is 16.3 Å². The van der Waals surface area contributed by atoms with Crippen LogP contribution in [0.4, 0.5) is 0 Å². The number of carbonyl (C=O) groups excluding carboxylic acids is 1. The van der Waals surface area contributed by atoms with E-state index >= 15 is 0 Å². The number of esters is 1. The summed E-state index contributed by atoms with van der Waals surface area (Å²) >= 11 is 9.55. The van der Waals surface area contributed by atoms with Crippen LogP contribution < -0.4 is 0 Å². The number of hydrogen-bond acceptors (Lipinski definition) is 4. The molecule has 0 radical (unpaired) electrons. The van der Waals surface area contributed by atoms with Crippen molar-refractivity contribution in [2.45, 2.75) is 6.92 Å². The van der Waals surface area contributed by atoms with E-state index in [2.05, 4.69) is 25.9 Å². The van der Waals surface area contributed by atoms with Crippen LogP contribution >= 0.6 is 27.5 Å². The number of benzene rings is 1. The average molecular weight is 392 g/mol. The van der Waals surface area contributed by atoms with Crippen molar-refractivity contribution in [3.63, 3.8) is 0 Å². The standard InChI is InChI=1S/C17H12BrClN2O2/c1-9-14-13(16(18)21-15(9)17(22)23-2)12(6-7-20-14)10-4-3-5-11(19)8-10/h3-8H,1-2H3. The summed E-state index contributed by atoms with van der Waals surface area (Å²) in [6.45, 7) is 1.81. The summed E-state index contributed by atoms with van der Waals surface area (Å²) in [4.78, 5) is 20.6. The molecule has 116 valence electrons. The Balaban J connectivity index is 2.35. The highest BCUT2D eigenvalue weighted by Gasteiger charge is 2.19. The van der Waals surface area contributed by atoms with Crippen LogP contribution in [0.2, 0.25) is 5.02 Å². The summed E-state index contributed by atoms with van der Waals surface area (Å²) < 4.78 is 5.33. The van der Waals surface area contributed by atoms with Gasteiger partial charge in [0.05, 0.1) is 12.6 Å². The maximum absolute atomic E-state index is 11.9. The number of ether oxygens (including phenoxy) is 1. The Morgan fingerprint density at radius 2 is 2.09 bits per heavy atom. The number of pyridine rings is 2. The van der Waals surface area contributed by atoms with Crippen molar-refractivity contribution in [3.05, 3.63) is 57.4 Å². The average Bonchev–Trinajstić information content (AvgIpc) is 2.56. The second kappa shape index (κ2) is 6.26. The maximum atomic E-state index is 11.9. The van der Waals surface area contributed by atoms with Gasteiger partial charge in [-0.15, -0.1) is 0 Å². The van der Waals surface area contributed by atoms with Gasteiger partial charge in [0.1, 0.15) is 4.60 Å². The minimum Gasteiger partial charge on any atom is -0.464 e. The van der Waals surface area contributed by atoms with Gasteiger partial charge in [-0.05, 0) is 52.2 Å². The number of aromatic nitrogens is 2. The lowest BCUT2D eigenvalue weighted by molar-refractivity contribution is 0.0593. The Labute approximate surface area is 146 Å². The fourth-order valence-corrected chi connectivity index (χ4v) is 3.27. The molecule has 3 aromatic rings. The number of hydrogen-bond donors (Lipinski definition) is 0. The minimum absolute atomic E-state index is 0.252. The third-order valence-electron chi connectivity index (χ3n) is 3.59. The lowest BCUT2D eigenvalue weighted by Gasteiger charge is -2.12. The van der Waals surface area contributed by atoms with Crippen LogP contribution in [0.25, 0.3) is 22.0 Å². The van der Waals surface area contributed by atoms with Gasteiger partial charge < -0.3 is 4.74 Å². The van der Waals surface area contributed by atoms with Crippen LogP contribution in [0.1, 0.15) is 16.1 Å². The predicted molar refractivity (Wildman–Crippen MR) is 93.8 cm³/mol. The molecule has 0 saturated carbocycles. The quantitative estimate of drug-likeness (QED) is 0.465. The molecule has 0 aliphatic carbocycles. The monoisotopic (exact) mass is 390 g/mol. The summed E-state index contributed by atoms with van der Waals surface area (Å²) in [6.07, 6.45) is 1.71. The third-order valence-corrected chi connectivity index (χ3v) is 4.40. The molecule has 0 fully saturated rings. The summed E-state index contributed by atoms with van der Waals surface area (Å²) in [5, 5.41) is 1.49. The minimum atomic E-state index is -0.486. The van der Waals surface area contributed by atoms with E-state index < -0.39 is 5.97 Å². The highest BCUT2D eigenvalue weighted by atomic mass is 79.9. The van der Waals surface area contributed by atoms with Gasteiger partial charge >= 0.3 is 5.97 Å². The van der Waals surface area contributed by atoms with Gasteiger partial charge in [0.2, 0.25) is 0 Å². The van der Waals surface area contributed by atoms with E-state index in [0.29, 0.717) is 20.7 Å². The number of fused-ring (bicyclic) bond motifs is 1. The van der Waals surface area contributed by atoms with Gasteiger partial charge in [-0.3, -0.25) is 4.98 Å². The van der Waals surface area contributed by atoms with Crippen LogP contribution in [0.15, 0.2) is 41.1 Å². The van der Waals surface area contributed by atoms with Crippen LogP contribution in [0.5, 0.6) is 0 Å². The first-order valence-electron chi connectivity index (χ1n) is 6.82. The van der Waals surface area contributed by atoms with E-state index in [1.807, 2.05) is 37.3 Å². The van der Waals surface area contributed by atoms with E-state index in [0.717, 1.165) is 16.5 Å². The molecule has 0 spiro atoms. The summed E-state index contributed by atoms with van der Waals surface area (Å²) in [7, 11) is 1.33. The first-order chi connectivity index (χ1) is 11.0. The van der Waals surface area contributed by atoms with Crippen molar-refractivity contribution in [1.29, 1.82) is 0 Å². The van der Waals surface area contributed by atoms with Crippen LogP contribution in [0, 0.1) is 6.92 Å². The van der Waals surface area contributed by atoms with Gasteiger partial charge in [-0.2, -0.15) is 0 Å². The molecule has 0 atom stereocenters. The van der Waals surface area contributed by atoms with Gasteiger partial charge in [-0.1, -0.05) is 23.7 Å². The molecule has 0 aliphatic rings. The first-order valence-corrected chi connectivity index (χ1v) is 7.99. The Morgan fingerprint density at radius 1 is 1.30 bits per heavy atom. The number of halogens is 2. The fraction of sp³-hybridized carbons (Fsp3) is 0.118. The number of nitrogens with zero attached hydrogens (tertiary/aromatic N) is 2. The maximum Gasteiger partial charge on any atom is 0.357 e. The number of carbonyl (C=O) groups is 1. The number of aryl methyl sites for hydroxylation is 1. The topological polar surface area (TPSA) is 52.1 Å². The Kier molecular flexibility index (Phi) is 4.33. The zero-order valence-corrected chi connectivity index (χ0v) is 14.8. The Morgan fingerprint density at radius 3 is 2.78 bits per heavy atom. The molecule has 6 heteroatoms. The molecule has 0 N–H and O–H groups in total. The largest absolute Gasteiger partial charge is 0.464 e. The Bertz CT molecular complexity index is 928. The molecule has 2 aromatic heterocycles. The smallest absolute Gasteiger partial charge is 0.357 e. The summed E-state index contributed by atoms with van der Waals surface area (Å²) in [6, 6.07) is 9.46. The molecular formula is C17H12BrClN2O2. The number of rotatable bonds is 2. The molecule has 0 aliphatic heterocycles. The van der Waals surface area contributed by atoms with Crippen LogP contribution in [-0.4, -0.2) is 23.0 Å². The molecule has 3 rings (SSSR count). The lowest BCUT2D eigenvalue weighted by Crippen LogP contribution is -2.08.